The molecule has 1 amide bonds. The van der Waals surface area contributed by atoms with Gasteiger partial charge in [-0.15, -0.1) is 0 Å². The first-order valence-electron chi connectivity index (χ1n) is 6.66. The molecule has 0 aromatic carbocycles. The molecule has 0 aromatic heterocycles. The lowest BCUT2D eigenvalue weighted by Gasteiger charge is -2.28. The van der Waals surface area contributed by atoms with Crippen molar-refractivity contribution in [1.29, 1.82) is 0 Å². The Morgan fingerprint density at radius 1 is 1.47 bits per heavy atom. The minimum absolute atomic E-state index is 0.152. The third-order valence-electron chi connectivity index (χ3n) is 3.56. The third-order valence-corrected chi connectivity index (χ3v) is 3.56. The van der Waals surface area contributed by atoms with E-state index >= 15 is 0 Å². The molecule has 3 N–H and O–H groups in total. The van der Waals surface area contributed by atoms with Gasteiger partial charge in [-0.1, -0.05) is 33.6 Å². The van der Waals surface area contributed by atoms with Gasteiger partial charge >= 0.3 is 0 Å². The van der Waals surface area contributed by atoms with E-state index in [1.807, 2.05) is 13.8 Å². The number of rotatable bonds is 5. The Labute approximate surface area is 104 Å². The molecule has 1 saturated carbocycles. The van der Waals surface area contributed by atoms with Crippen molar-refractivity contribution in [3.8, 4) is 0 Å². The summed E-state index contributed by atoms with van der Waals surface area (Å²) in [5, 5.41) is 0. The average molecular weight is 242 g/mol. The molecule has 17 heavy (non-hydrogen) atoms. The molecule has 0 heterocycles. The fourth-order valence-corrected chi connectivity index (χ4v) is 2.60. The molecule has 1 aliphatic rings. The lowest BCUT2D eigenvalue weighted by molar-refractivity contribution is -0.137. The van der Waals surface area contributed by atoms with E-state index in [-0.39, 0.29) is 11.8 Å². The van der Waals surface area contributed by atoms with Crippen molar-refractivity contribution in [3.63, 3.8) is 0 Å². The number of nitrogens with one attached hydrogen (secondary N) is 1. The molecule has 0 spiro atoms. The van der Waals surface area contributed by atoms with Gasteiger partial charge in [-0.05, 0) is 30.6 Å². The number of amides is 1. The largest absolute Gasteiger partial charge is 0.368 e. The van der Waals surface area contributed by atoms with Gasteiger partial charge in [0.15, 0.2) is 0 Å². The van der Waals surface area contributed by atoms with Crippen molar-refractivity contribution < 1.29 is 9.53 Å². The Bertz CT molecular complexity index is 244. The topological polar surface area (TPSA) is 64.3 Å². The summed E-state index contributed by atoms with van der Waals surface area (Å²) >= 11 is 0. The van der Waals surface area contributed by atoms with Crippen molar-refractivity contribution in [2.45, 2.75) is 52.6 Å². The quantitative estimate of drug-likeness (QED) is 0.439. The zero-order valence-electron chi connectivity index (χ0n) is 11.2. The second-order valence-electron chi connectivity index (χ2n) is 5.64. The van der Waals surface area contributed by atoms with Crippen LogP contribution in [0.1, 0.15) is 46.5 Å². The fraction of sp³-hybridized carbons (Fsp3) is 0.923. The van der Waals surface area contributed by atoms with Crippen molar-refractivity contribution in [3.05, 3.63) is 0 Å². The van der Waals surface area contributed by atoms with E-state index in [9.17, 15) is 4.79 Å². The SMILES string of the molecule is CC1CCCC(COC(C(=O)NN)C(C)C)C1. The Hall–Kier alpha value is -0.610. The summed E-state index contributed by atoms with van der Waals surface area (Å²) in [7, 11) is 0. The highest BCUT2D eigenvalue weighted by Gasteiger charge is 2.25. The first-order chi connectivity index (χ1) is 8.04. The normalized spacial score (nSPS) is 26.9. The number of hydrogen-bond acceptors (Lipinski definition) is 3. The molecule has 3 unspecified atom stereocenters. The van der Waals surface area contributed by atoms with E-state index in [0.29, 0.717) is 12.5 Å². The predicted molar refractivity (Wildman–Crippen MR) is 68.0 cm³/mol. The van der Waals surface area contributed by atoms with E-state index in [1.54, 1.807) is 0 Å². The summed E-state index contributed by atoms with van der Waals surface area (Å²) in [5.41, 5.74) is 2.18. The molecule has 0 bridgehead atoms. The molecule has 1 aliphatic carbocycles. The molecule has 4 nitrogen and oxygen atoms in total. The molecule has 1 rings (SSSR count). The van der Waals surface area contributed by atoms with Crippen LogP contribution in [0.2, 0.25) is 0 Å². The van der Waals surface area contributed by atoms with Crippen LogP contribution < -0.4 is 11.3 Å². The van der Waals surface area contributed by atoms with Crippen LogP contribution in [0.3, 0.4) is 0 Å². The van der Waals surface area contributed by atoms with Crippen LogP contribution in [0.15, 0.2) is 0 Å². The van der Waals surface area contributed by atoms with E-state index in [2.05, 4.69) is 12.3 Å². The minimum Gasteiger partial charge on any atom is -0.368 e. The highest BCUT2D eigenvalue weighted by atomic mass is 16.5. The lowest BCUT2D eigenvalue weighted by Crippen LogP contribution is -2.43. The molecule has 0 radical (unpaired) electrons. The molecule has 0 aromatic rings. The number of carbonyl (C=O) groups excluding carboxylic acids is 1. The van der Waals surface area contributed by atoms with Crippen LogP contribution in [0.4, 0.5) is 0 Å². The standard InChI is InChI=1S/C13H26N2O2/c1-9(2)12(13(16)15-14)17-8-11-6-4-5-10(3)7-11/h9-12H,4-8,14H2,1-3H3,(H,15,16). The zero-order valence-corrected chi connectivity index (χ0v) is 11.2. The van der Waals surface area contributed by atoms with E-state index in [4.69, 9.17) is 10.6 Å². The second kappa shape index (κ2) is 6.97. The molecular formula is C13H26N2O2. The first-order valence-corrected chi connectivity index (χ1v) is 6.66. The maximum Gasteiger partial charge on any atom is 0.263 e. The summed E-state index contributed by atoms with van der Waals surface area (Å²) in [6.07, 6.45) is 4.63. The van der Waals surface area contributed by atoms with Crippen LogP contribution >= 0.6 is 0 Å². The molecule has 1 fully saturated rings. The Morgan fingerprint density at radius 2 is 2.18 bits per heavy atom. The second-order valence-corrected chi connectivity index (χ2v) is 5.64. The molecular weight excluding hydrogens is 216 g/mol. The van der Waals surface area contributed by atoms with E-state index < -0.39 is 6.10 Å². The summed E-state index contributed by atoms with van der Waals surface area (Å²) in [4.78, 5) is 11.5. The van der Waals surface area contributed by atoms with Crippen LogP contribution in [0, 0.1) is 17.8 Å². The summed E-state index contributed by atoms with van der Waals surface area (Å²) in [6.45, 7) is 6.92. The van der Waals surface area contributed by atoms with Gasteiger partial charge in [-0.3, -0.25) is 10.2 Å². The minimum atomic E-state index is -0.419. The van der Waals surface area contributed by atoms with Crippen molar-refractivity contribution in [2.24, 2.45) is 23.6 Å². The van der Waals surface area contributed by atoms with Crippen molar-refractivity contribution in [1.82, 2.24) is 5.43 Å². The highest BCUT2D eigenvalue weighted by Crippen LogP contribution is 2.29. The molecule has 0 saturated heterocycles. The smallest absolute Gasteiger partial charge is 0.263 e. The number of ether oxygens (including phenoxy) is 1. The third kappa shape index (κ3) is 4.64. The monoisotopic (exact) mass is 242 g/mol. The number of nitrogens with two attached hydrogens (primary N) is 1. The molecule has 4 heteroatoms. The Morgan fingerprint density at radius 3 is 2.71 bits per heavy atom. The molecule has 100 valence electrons. The average Bonchev–Trinajstić information content (AvgIpc) is 2.28. The first kappa shape index (κ1) is 14.5. The highest BCUT2D eigenvalue weighted by molar-refractivity contribution is 5.80. The molecule has 0 aliphatic heterocycles. The van der Waals surface area contributed by atoms with Crippen molar-refractivity contribution in [2.75, 3.05) is 6.61 Å². The maximum atomic E-state index is 11.5. The van der Waals surface area contributed by atoms with E-state index in [1.165, 1.54) is 25.7 Å². The van der Waals surface area contributed by atoms with Gasteiger partial charge in [0.05, 0.1) is 6.61 Å². The van der Waals surface area contributed by atoms with E-state index in [0.717, 1.165) is 5.92 Å². The van der Waals surface area contributed by atoms with Gasteiger partial charge in [0.1, 0.15) is 6.10 Å². The summed E-state index contributed by atoms with van der Waals surface area (Å²) in [5.74, 6) is 6.49. The van der Waals surface area contributed by atoms with Crippen LogP contribution in [0.5, 0.6) is 0 Å². The molecule has 3 atom stereocenters. The summed E-state index contributed by atoms with van der Waals surface area (Å²) < 4.78 is 5.75. The van der Waals surface area contributed by atoms with Gasteiger partial charge in [0, 0.05) is 0 Å². The van der Waals surface area contributed by atoms with Gasteiger partial charge in [0.2, 0.25) is 0 Å². The van der Waals surface area contributed by atoms with Gasteiger partial charge < -0.3 is 4.74 Å². The number of hydrazine groups is 1. The maximum absolute atomic E-state index is 11.5. The van der Waals surface area contributed by atoms with Gasteiger partial charge in [-0.25, -0.2) is 5.84 Å². The lowest BCUT2D eigenvalue weighted by atomic mass is 9.83. The van der Waals surface area contributed by atoms with Crippen LogP contribution in [0.25, 0.3) is 0 Å². The van der Waals surface area contributed by atoms with Gasteiger partial charge in [-0.2, -0.15) is 0 Å². The fourth-order valence-electron chi connectivity index (χ4n) is 2.60. The van der Waals surface area contributed by atoms with Crippen LogP contribution in [-0.4, -0.2) is 18.6 Å². The predicted octanol–water partition coefficient (Wildman–Crippen LogP) is 1.84. The Kier molecular flexibility index (Phi) is 5.92. The zero-order chi connectivity index (χ0) is 12.8. The van der Waals surface area contributed by atoms with Crippen molar-refractivity contribution >= 4 is 5.91 Å². The number of carbonyl (C=O) groups is 1. The van der Waals surface area contributed by atoms with Gasteiger partial charge in [0.25, 0.3) is 5.91 Å². The summed E-state index contributed by atoms with van der Waals surface area (Å²) in [6, 6.07) is 0. The van der Waals surface area contributed by atoms with Crippen LogP contribution in [-0.2, 0) is 9.53 Å². The number of hydrogen-bond donors (Lipinski definition) is 2. The Balaban J connectivity index is 2.38.